The van der Waals surface area contributed by atoms with Gasteiger partial charge in [-0.05, 0) is 19.1 Å². The van der Waals surface area contributed by atoms with Crippen LogP contribution in [0.2, 0.25) is 0 Å². The van der Waals surface area contributed by atoms with Gasteiger partial charge in [-0.1, -0.05) is 41.4 Å². The Labute approximate surface area is 221 Å². The molecule has 0 aliphatic carbocycles. The van der Waals surface area contributed by atoms with Gasteiger partial charge in [-0.3, -0.25) is 19.2 Å². The second kappa shape index (κ2) is 13.2. The molecule has 36 heavy (non-hydrogen) atoms. The molecule has 1 aromatic carbocycles. The number of ether oxygens (including phenoxy) is 4. The van der Waals surface area contributed by atoms with E-state index in [-0.39, 0.29) is 24.2 Å². The molecule has 1 amide bonds. The summed E-state index contributed by atoms with van der Waals surface area (Å²) in [6.45, 7) is 1.52. The third-order valence-electron chi connectivity index (χ3n) is 5.06. The number of hydrogen-bond acceptors (Lipinski definition) is 10. The molecule has 0 radical (unpaired) electrons. The number of rotatable bonds is 10. The van der Waals surface area contributed by atoms with Gasteiger partial charge in [0.1, 0.15) is 18.0 Å². The summed E-state index contributed by atoms with van der Waals surface area (Å²) in [6.07, 6.45) is -8.63. The first-order chi connectivity index (χ1) is 16.9. The number of hydrogen-bond donors (Lipinski definition) is 2. The standard InChI is InChI=1S/C22H24Cl3NO10/c1-11(28)8-9-15(30)35-17-16(33-12(2)29)14(10-27)34-19(22(23,24)21(32)26-25)18(17)36-20(31)13-6-4-3-5-7-13/h3-7,14,16-19,27H,8-10H2,1-2H3,(H,26,32)/t14-,16-,17+,18-,19+/m1/s1. The maximum Gasteiger partial charge on any atom is 0.338 e. The van der Waals surface area contributed by atoms with E-state index in [2.05, 4.69) is 0 Å². The summed E-state index contributed by atoms with van der Waals surface area (Å²) >= 11 is 17.9. The van der Waals surface area contributed by atoms with Crippen LogP contribution in [0.25, 0.3) is 0 Å². The van der Waals surface area contributed by atoms with Crippen LogP contribution in [0.4, 0.5) is 0 Å². The van der Waals surface area contributed by atoms with E-state index in [4.69, 9.17) is 53.9 Å². The first kappa shape index (κ1) is 29.8. The van der Waals surface area contributed by atoms with Crippen LogP contribution in [-0.2, 0) is 38.1 Å². The second-order valence-electron chi connectivity index (χ2n) is 7.79. The van der Waals surface area contributed by atoms with Gasteiger partial charge < -0.3 is 28.8 Å². The van der Waals surface area contributed by atoms with Gasteiger partial charge in [0.2, 0.25) is 4.33 Å². The Morgan fingerprint density at radius 2 is 1.61 bits per heavy atom. The third kappa shape index (κ3) is 7.53. The Morgan fingerprint density at radius 1 is 0.972 bits per heavy atom. The van der Waals surface area contributed by atoms with Crippen LogP contribution in [0.15, 0.2) is 30.3 Å². The maximum absolute atomic E-state index is 12.9. The molecule has 0 aromatic heterocycles. The molecule has 0 unspecified atom stereocenters. The third-order valence-corrected chi connectivity index (χ3v) is 6.01. The number of benzene rings is 1. The van der Waals surface area contributed by atoms with E-state index in [1.54, 1.807) is 23.0 Å². The Balaban J connectivity index is 2.57. The van der Waals surface area contributed by atoms with E-state index >= 15 is 0 Å². The minimum atomic E-state index is -2.54. The normalized spacial score (nSPS) is 23.8. The lowest BCUT2D eigenvalue weighted by molar-refractivity contribution is -0.247. The van der Waals surface area contributed by atoms with Gasteiger partial charge in [0.05, 0.1) is 18.6 Å². The van der Waals surface area contributed by atoms with Crippen LogP contribution >= 0.6 is 35.0 Å². The molecular weight excluding hydrogens is 545 g/mol. The van der Waals surface area contributed by atoms with E-state index < -0.39 is 65.3 Å². The summed E-state index contributed by atoms with van der Waals surface area (Å²) in [5.41, 5.74) is 0.0720. The monoisotopic (exact) mass is 567 g/mol. The lowest BCUT2D eigenvalue weighted by Gasteiger charge is -2.46. The quantitative estimate of drug-likeness (QED) is 0.184. The van der Waals surface area contributed by atoms with Gasteiger partial charge in [-0.25, -0.2) is 4.79 Å². The summed E-state index contributed by atoms with van der Waals surface area (Å²) in [5.74, 6) is -4.20. The summed E-state index contributed by atoms with van der Waals surface area (Å²) in [4.78, 5) is 62.7. The van der Waals surface area contributed by atoms with Gasteiger partial charge >= 0.3 is 17.9 Å². The predicted octanol–water partition coefficient (Wildman–Crippen LogP) is 1.63. The molecule has 5 atom stereocenters. The van der Waals surface area contributed by atoms with Crippen LogP contribution in [-0.4, -0.2) is 76.2 Å². The number of ketones is 1. The van der Waals surface area contributed by atoms with Crippen molar-refractivity contribution < 1.29 is 48.0 Å². The number of aliphatic hydroxyl groups excluding tert-OH is 1. The molecule has 0 bridgehead atoms. The Bertz CT molecular complexity index is 974. The molecule has 1 fully saturated rings. The highest BCUT2D eigenvalue weighted by atomic mass is 35.5. The Kier molecular flexibility index (Phi) is 10.9. The average Bonchev–Trinajstić information content (AvgIpc) is 2.84. The van der Waals surface area contributed by atoms with Crippen molar-refractivity contribution >= 4 is 64.6 Å². The fourth-order valence-electron chi connectivity index (χ4n) is 3.40. The minimum absolute atomic E-state index is 0.0720. The van der Waals surface area contributed by atoms with E-state index in [1.165, 1.54) is 19.1 Å². The number of carbonyl (C=O) groups excluding carboxylic acids is 5. The van der Waals surface area contributed by atoms with Gasteiger partial charge in [0.15, 0.2) is 18.3 Å². The summed E-state index contributed by atoms with van der Waals surface area (Å²) < 4.78 is 19.3. The number of aliphatic hydroxyl groups is 1. The van der Waals surface area contributed by atoms with Gasteiger partial charge in [0.25, 0.3) is 5.91 Å². The Morgan fingerprint density at radius 3 is 2.14 bits per heavy atom. The van der Waals surface area contributed by atoms with Gasteiger partial charge in [-0.2, -0.15) is 0 Å². The zero-order chi connectivity index (χ0) is 27.0. The molecule has 2 N–H and O–H groups in total. The minimum Gasteiger partial charge on any atom is -0.456 e. The molecule has 1 saturated heterocycles. The van der Waals surface area contributed by atoms with E-state index in [0.717, 1.165) is 6.92 Å². The lowest BCUT2D eigenvalue weighted by Crippen LogP contribution is -2.67. The second-order valence-corrected chi connectivity index (χ2v) is 9.37. The summed E-state index contributed by atoms with van der Waals surface area (Å²) in [7, 11) is 0. The largest absolute Gasteiger partial charge is 0.456 e. The highest BCUT2D eigenvalue weighted by molar-refractivity contribution is 6.59. The zero-order valence-corrected chi connectivity index (χ0v) is 21.4. The smallest absolute Gasteiger partial charge is 0.338 e. The van der Waals surface area contributed by atoms with Crippen LogP contribution in [0.3, 0.4) is 0 Å². The van der Waals surface area contributed by atoms with Gasteiger partial charge in [0, 0.05) is 25.1 Å². The molecule has 2 rings (SSSR count). The van der Waals surface area contributed by atoms with Crippen molar-refractivity contribution in [3.8, 4) is 0 Å². The topological polar surface area (TPSA) is 155 Å². The van der Waals surface area contributed by atoms with E-state index in [1.807, 2.05) is 0 Å². The lowest BCUT2D eigenvalue weighted by atomic mass is 9.91. The molecule has 11 nitrogen and oxygen atoms in total. The molecule has 1 aliphatic heterocycles. The molecule has 1 aliphatic rings. The molecule has 1 aromatic rings. The van der Waals surface area contributed by atoms with Crippen molar-refractivity contribution in [2.24, 2.45) is 0 Å². The summed E-state index contributed by atoms with van der Waals surface area (Å²) in [5, 5.41) is 9.91. The SMILES string of the molecule is CC(=O)CCC(=O)O[C@@H]1[C@@H](OC(=O)c2ccccc2)[C@@H](C(Cl)(Cl)C(=O)NCl)O[C@H](CO)[C@H]1OC(C)=O. The van der Waals surface area contributed by atoms with Crippen molar-refractivity contribution in [1.82, 2.24) is 4.84 Å². The first-order valence-corrected chi connectivity index (χ1v) is 11.7. The first-order valence-electron chi connectivity index (χ1n) is 10.6. The van der Waals surface area contributed by atoms with Crippen LogP contribution < -0.4 is 4.84 Å². The number of nitrogens with one attached hydrogen (secondary N) is 1. The van der Waals surface area contributed by atoms with Crippen molar-refractivity contribution in [1.29, 1.82) is 0 Å². The predicted molar refractivity (Wildman–Crippen MR) is 125 cm³/mol. The van der Waals surface area contributed by atoms with Crippen molar-refractivity contribution in [3.63, 3.8) is 0 Å². The van der Waals surface area contributed by atoms with Crippen molar-refractivity contribution in [3.05, 3.63) is 35.9 Å². The number of Topliss-reactive ketones (excluding diaryl/α,β-unsaturated/α-hetero) is 1. The zero-order valence-electron chi connectivity index (χ0n) is 19.2. The molecule has 0 spiro atoms. The Hall–Kier alpha value is -2.44. The number of carbonyl (C=O) groups is 5. The highest BCUT2D eigenvalue weighted by Gasteiger charge is 2.60. The van der Waals surface area contributed by atoms with E-state index in [0.29, 0.717) is 0 Å². The van der Waals surface area contributed by atoms with E-state index in [9.17, 15) is 29.1 Å². The molecular formula is C22H24Cl3NO10. The van der Waals surface area contributed by atoms with Crippen LogP contribution in [0.1, 0.15) is 37.0 Å². The molecule has 198 valence electrons. The van der Waals surface area contributed by atoms with Crippen LogP contribution in [0, 0.1) is 0 Å². The number of esters is 3. The number of alkyl halides is 2. The molecule has 0 saturated carbocycles. The fourth-order valence-corrected chi connectivity index (χ4v) is 4.09. The summed E-state index contributed by atoms with van der Waals surface area (Å²) in [6, 6.07) is 7.62. The molecule has 14 heteroatoms. The average molecular weight is 569 g/mol. The number of halogens is 3. The molecule has 1 heterocycles. The van der Waals surface area contributed by atoms with Crippen molar-refractivity contribution in [2.45, 2.75) is 61.5 Å². The maximum atomic E-state index is 12.9. The van der Waals surface area contributed by atoms with Crippen LogP contribution in [0.5, 0.6) is 0 Å². The number of amides is 1. The highest BCUT2D eigenvalue weighted by Crippen LogP contribution is 2.39. The van der Waals surface area contributed by atoms with Gasteiger partial charge in [-0.15, -0.1) is 0 Å². The van der Waals surface area contributed by atoms with Crippen molar-refractivity contribution in [2.75, 3.05) is 6.61 Å². The fraction of sp³-hybridized carbons (Fsp3) is 0.500.